The van der Waals surface area contributed by atoms with Crippen LogP contribution in [0.1, 0.15) is 48.9 Å². The molecule has 2 aliphatic heterocycles. The normalized spacial score (nSPS) is 21.5. The lowest BCUT2D eigenvalue weighted by Gasteiger charge is -2.43. The highest BCUT2D eigenvalue weighted by atomic mass is 32.2. The molecule has 168 valence electrons. The van der Waals surface area contributed by atoms with Crippen molar-refractivity contribution >= 4 is 26.7 Å². The summed E-state index contributed by atoms with van der Waals surface area (Å²) in [5, 5.41) is 0.219. The predicted octanol–water partition coefficient (Wildman–Crippen LogP) is 4.53. The molecule has 0 bridgehead atoms. The topological polar surface area (TPSA) is 84.4 Å². The number of rotatable bonds is 5. The minimum atomic E-state index is -3.79. The fraction of sp³-hybridized carbons (Fsp3) is 0.364. The summed E-state index contributed by atoms with van der Waals surface area (Å²) >= 11 is 0.979. The van der Waals surface area contributed by atoms with E-state index in [9.17, 15) is 12.8 Å². The molecule has 3 aromatic rings. The average molecular weight is 475 g/mol. The first kappa shape index (κ1) is 21.3. The van der Waals surface area contributed by atoms with Gasteiger partial charge in [0.15, 0.2) is 0 Å². The summed E-state index contributed by atoms with van der Waals surface area (Å²) in [5.74, 6) is 0.355. The first-order valence-electron chi connectivity index (χ1n) is 10.6. The van der Waals surface area contributed by atoms with E-state index in [2.05, 4.69) is 19.0 Å². The summed E-state index contributed by atoms with van der Waals surface area (Å²) in [7, 11) is -3.79. The van der Waals surface area contributed by atoms with E-state index in [0.29, 0.717) is 12.4 Å². The zero-order chi connectivity index (χ0) is 22.1. The molecule has 5 rings (SSSR count). The monoisotopic (exact) mass is 474 g/mol. The van der Waals surface area contributed by atoms with Crippen molar-refractivity contribution in [3.05, 3.63) is 65.7 Å². The van der Waals surface area contributed by atoms with E-state index < -0.39 is 10.0 Å². The third kappa shape index (κ3) is 4.22. The Balaban J connectivity index is 1.44. The van der Waals surface area contributed by atoms with Gasteiger partial charge in [-0.3, -0.25) is 9.62 Å². The molecule has 0 aliphatic carbocycles. The second-order valence-corrected chi connectivity index (χ2v) is 10.5. The molecule has 2 aromatic carbocycles. The van der Waals surface area contributed by atoms with Gasteiger partial charge in [0.2, 0.25) is 5.13 Å². The van der Waals surface area contributed by atoms with Gasteiger partial charge in [-0.1, -0.05) is 24.6 Å². The van der Waals surface area contributed by atoms with Crippen LogP contribution in [-0.4, -0.2) is 35.8 Å². The van der Waals surface area contributed by atoms with E-state index in [-0.39, 0.29) is 27.9 Å². The number of halogens is 1. The maximum atomic E-state index is 13.5. The van der Waals surface area contributed by atoms with Crippen LogP contribution in [0.3, 0.4) is 0 Å². The first-order chi connectivity index (χ1) is 15.5. The van der Waals surface area contributed by atoms with Gasteiger partial charge in [0.1, 0.15) is 17.9 Å². The average Bonchev–Trinajstić information content (AvgIpc) is 3.31. The van der Waals surface area contributed by atoms with Crippen LogP contribution in [0, 0.1) is 5.82 Å². The number of benzene rings is 2. The Bertz CT molecular complexity index is 1190. The Kier molecular flexibility index (Phi) is 5.83. The fourth-order valence-corrected chi connectivity index (χ4v) is 6.30. The van der Waals surface area contributed by atoms with Crippen molar-refractivity contribution in [1.82, 2.24) is 14.3 Å². The van der Waals surface area contributed by atoms with Crippen molar-refractivity contribution < 1.29 is 17.5 Å². The molecular weight excluding hydrogens is 451 g/mol. The number of fused-ring (bicyclic) bond motifs is 1. The molecule has 0 radical (unpaired) electrons. The third-order valence-corrected chi connectivity index (χ3v) is 8.13. The largest absolute Gasteiger partial charge is 0.493 e. The van der Waals surface area contributed by atoms with Gasteiger partial charge in [0.25, 0.3) is 10.0 Å². The molecule has 3 heterocycles. The first-order valence-corrected chi connectivity index (χ1v) is 12.8. The summed E-state index contributed by atoms with van der Waals surface area (Å²) in [6.07, 6.45) is 5.36. The molecule has 10 heteroatoms. The highest BCUT2D eigenvalue weighted by Gasteiger charge is 2.34. The Hall–Kier alpha value is -2.56. The molecule has 0 saturated carbocycles. The zero-order valence-corrected chi connectivity index (χ0v) is 18.9. The highest BCUT2D eigenvalue weighted by Crippen LogP contribution is 2.44. The molecule has 1 saturated heterocycles. The van der Waals surface area contributed by atoms with Crippen molar-refractivity contribution in [1.29, 1.82) is 0 Å². The highest BCUT2D eigenvalue weighted by molar-refractivity contribution is 7.93. The summed E-state index contributed by atoms with van der Waals surface area (Å²) in [4.78, 5) is 6.48. The predicted molar refractivity (Wildman–Crippen MR) is 120 cm³/mol. The number of nitrogens with one attached hydrogen (secondary N) is 1. The van der Waals surface area contributed by atoms with Gasteiger partial charge in [-0.2, -0.15) is 4.37 Å². The van der Waals surface area contributed by atoms with E-state index >= 15 is 0 Å². The van der Waals surface area contributed by atoms with E-state index in [1.54, 1.807) is 12.1 Å². The Labute approximate surface area is 190 Å². The maximum Gasteiger partial charge on any atom is 0.263 e. The van der Waals surface area contributed by atoms with Crippen LogP contribution >= 0.6 is 11.5 Å². The number of aromatic nitrogens is 2. The number of anilines is 1. The zero-order valence-electron chi connectivity index (χ0n) is 17.3. The Morgan fingerprint density at radius 3 is 2.72 bits per heavy atom. The van der Waals surface area contributed by atoms with Crippen LogP contribution in [0.5, 0.6) is 5.75 Å². The number of piperidine rings is 1. The van der Waals surface area contributed by atoms with Crippen LogP contribution in [0.4, 0.5) is 9.52 Å². The van der Waals surface area contributed by atoms with Gasteiger partial charge in [0.05, 0.1) is 11.5 Å². The molecule has 2 atom stereocenters. The second-order valence-electron chi connectivity index (χ2n) is 8.01. The molecule has 1 fully saturated rings. The van der Waals surface area contributed by atoms with Crippen molar-refractivity contribution in [3.8, 4) is 5.75 Å². The minimum absolute atomic E-state index is 0.113. The summed E-state index contributed by atoms with van der Waals surface area (Å²) in [5.41, 5.74) is 2.10. The smallest absolute Gasteiger partial charge is 0.263 e. The van der Waals surface area contributed by atoms with Crippen molar-refractivity contribution in [2.75, 3.05) is 17.9 Å². The van der Waals surface area contributed by atoms with Crippen molar-refractivity contribution in [3.63, 3.8) is 0 Å². The minimum Gasteiger partial charge on any atom is -0.493 e. The molecular formula is C22H23FN4O3S2. The number of hydrogen-bond acceptors (Lipinski definition) is 7. The third-order valence-electron chi connectivity index (χ3n) is 6.09. The quantitative estimate of drug-likeness (QED) is 0.585. The van der Waals surface area contributed by atoms with Gasteiger partial charge < -0.3 is 4.74 Å². The summed E-state index contributed by atoms with van der Waals surface area (Å²) in [6, 6.07) is 12.1. The number of nitrogens with zero attached hydrogens (tertiary/aromatic N) is 3. The van der Waals surface area contributed by atoms with E-state index in [4.69, 9.17) is 4.74 Å². The van der Waals surface area contributed by atoms with Crippen LogP contribution in [0.2, 0.25) is 0 Å². The lowest BCUT2D eigenvalue weighted by Crippen LogP contribution is -2.38. The van der Waals surface area contributed by atoms with Crippen molar-refractivity contribution in [2.45, 2.75) is 42.7 Å². The SMILES string of the molecule is O=S(=O)(Nc1ncns1)c1ccc2c(c1)OCC[C@@H]2N1CCCC[C@@H]1c1ccc(F)cc1. The molecule has 1 aromatic heterocycles. The number of ether oxygens (including phenoxy) is 1. The Morgan fingerprint density at radius 1 is 1.09 bits per heavy atom. The van der Waals surface area contributed by atoms with Gasteiger partial charge in [0, 0.05) is 41.7 Å². The van der Waals surface area contributed by atoms with Crippen LogP contribution < -0.4 is 9.46 Å². The van der Waals surface area contributed by atoms with E-state index in [1.807, 2.05) is 18.2 Å². The summed E-state index contributed by atoms with van der Waals surface area (Å²) in [6.45, 7) is 1.45. The standard InChI is InChI=1S/C22H23FN4O3S2/c23-16-6-4-15(5-7-16)19-3-1-2-11-27(19)20-10-12-30-21-13-17(8-9-18(20)21)32(28,29)26-22-24-14-25-31-22/h4-9,13-14,19-20H,1-3,10-12H2,(H,24,25,26)/t19-,20+/m1/s1. The molecule has 0 spiro atoms. The van der Waals surface area contributed by atoms with Gasteiger partial charge in [-0.15, -0.1) is 0 Å². The van der Waals surface area contributed by atoms with E-state index in [1.165, 1.54) is 18.5 Å². The lowest BCUT2D eigenvalue weighted by atomic mass is 9.89. The maximum absolute atomic E-state index is 13.5. The molecule has 0 unspecified atom stereocenters. The van der Waals surface area contributed by atoms with Crippen LogP contribution in [0.15, 0.2) is 53.7 Å². The van der Waals surface area contributed by atoms with Gasteiger partial charge >= 0.3 is 0 Å². The molecule has 2 aliphatic rings. The van der Waals surface area contributed by atoms with Gasteiger partial charge in [-0.05, 0) is 43.1 Å². The number of likely N-dealkylation sites (tertiary alicyclic amines) is 1. The fourth-order valence-electron chi connectivity index (χ4n) is 4.62. The molecule has 32 heavy (non-hydrogen) atoms. The molecule has 7 nitrogen and oxygen atoms in total. The van der Waals surface area contributed by atoms with Gasteiger partial charge in [-0.25, -0.2) is 17.8 Å². The second kappa shape index (κ2) is 8.76. The van der Waals surface area contributed by atoms with Crippen molar-refractivity contribution in [2.24, 2.45) is 0 Å². The van der Waals surface area contributed by atoms with Crippen LogP contribution in [-0.2, 0) is 10.0 Å². The lowest BCUT2D eigenvalue weighted by molar-refractivity contribution is 0.0668. The Morgan fingerprint density at radius 2 is 1.94 bits per heavy atom. The number of sulfonamides is 1. The van der Waals surface area contributed by atoms with Crippen LogP contribution in [0.25, 0.3) is 0 Å². The molecule has 0 amide bonds. The molecule has 1 N–H and O–H groups in total. The van der Waals surface area contributed by atoms with E-state index in [0.717, 1.165) is 54.9 Å². The summed E-state index contributed by atoms with van der Waals surface area (Å²) < 4.78 is 51.1. The number of hydrogen-bond donors (Lipinski definition) is 1.